The summed E-state index contributed by atoms with van der Waals surface area (Å²) in [6.07, 6.45) is 5.09. The Bertz CT molecular complexity index is 643. The standard InChI is InChI=1S/C13H15NO5S/c1-19-13(16)11-8-10(6-7-12(11)15)20(17,18)14-9-4-2-3-5-9/h2-3,6-9,14-15H,4-5H2,1H3. The van der Waals surface area contributed by atoms with Crippen LogP contribution in [0.5, 0.6) is 5.75 Å². The first-order valence-electron chi connectivity index (χ1n) is 6.02. The van der Waals surface area contributed by atoms with Gasteiger partial charge in [0, 0.05) is 6.04 Å². The molecule has 1 aliphatic rings. The van der Waals surface area contributed by atoms with Gasteiger partial charge in [-0.1, -0.05) is 12.2 Å². The Hall–Kier alpha value is -1.86. The van der Waals surface area contributed by atoms with Crippen LogP contribution in [0.2, 0.25) is 0 Å². The zero-order valence-corrected chi connectivity index (χ0v) is 11.7. The lowest BCUT2D eigenvalue weighted by molar-refractivity contribution is 0.0597. The second kappa shape index (κ2) is 5.64. The topological polar surface area (TPSA) is 92.7 Å². The van der Waals surface area contributed by atoms with Gasteiger partial charge in [0.25, 0.3) is 0 Å². The first-order valence-corrected chi connectivity index (χ1v) is 7.51. The van der Waals surface area contributed by atoms with Crippen LogP contribution in [-0.4, -0.2) is 32.6 Å². The fraction of sp³-hybridized carbons (Fsp3) is 0.308. The molecule has 0 saturated carbocycles. The van der Waals surface area contributed by atoms with E-state index in [1.54, 1.807) is 0 Å². The molecule has 0 bridgehead atoms. The molecule has 0 spiro atoms. The average Bonchev–Trinajstić information content (AvgIpc) is 2.90. The number of carbonyl (C=O) groups excluding carboxylic acids is 1. The van der Waals surface area contributed by atoms with E-state index in [-0.39, 0.29) is 22.3 Å². The molecule has 1 aliphatic carbocycles. The van der Waals surface area contributed by atoms with Crippen molar-refractivity contribution in [3.63, 3.8) is 0 Å². The lowest BCUT2D eigenvalue weighted by atomic mass is 10.2. The first-order chi connectivity index (χ1) is 9.44. The number of hydrogen-bond acceptors (Lipinski definition) is 5. The van der Waals surface area contributed by atoms with Gasteiger partial charge in [-0.25, -0.2) is 17.9 Å². The van der Waals surface area contributed by atoms with Gasteiger partial charge < -0.3 is 9.84 Å². The van der Waals surface area contributed by atoms with E-state index in [0.717, 1.165) is 19.2 Å². The SMILES string of the molecule is COC(=O)c1cc(S(=O)(=O)NC2CC=CC2)ccc1O. The predicted molar refractivity (Wildman–Crippen MR) is 71.9 cm³/mol. The second-order valence-electron chi connectivity index (χ2n) is 4.43. The van der Waals surface area contributed by atoms with Gasteiger partial charge >= 0.3 is 5.97 Å². The minimum Gasteiger partial charge on any atom is -0.507 e. The van der Waals surface area contributed by atoms with Gasteiger partial charge in [0.15, 0.2) is 0 Å². The first kappa shape index (κ1) is 14.5. The maximum Gasteiger partial charge on any atom is 0.341 e. The fourth-order valence-electron chi connectivity index (χ4n) is 1.96. The number of carbonyl (C=O) groups is 1. The van der Waals surface area contributed by atoms with Crippen molar-refractivity contribution in [1.82, 2.24) is 4.72 Å². The maximum atomic E-state index is 12.2. The van der Waals surface area contributed by atoms with E-state index >= 15 is 0 Å². The van der Waals surface area contributed by atoms with Crippen molar-refractivity contribution in [3.8, 4) is 5.75 Å². The summed E-state index contributed by atoms with van der Waals surface area (Å²) in [5, 5.41) is 9.56. The largest absolute Gasteiger partial charge is 0.507 e. The quantitative estimate of drug-likeness (QED) is 0.643. The summed E-state index contributed by atoms with van der Waals surface area (Å²) in [6, 6.07) is 3.34. The molecule has 0 heterocycles. The van der Waals surface area contributed by atoms with Crippen LogP contribution in [-0.2, 0) is 14.8 Å². The zero-order chi connectivity index (χ0) is 14.8. The summed E-state index contributed by atoms with van der Waals surface area (Å²) >= 11 is 0. The minimum atomic E-state index is -3.73. The van der Waals surface area contributed by atoms with E-state index in [4.69, 9.17) is 0 Å². The highest BCUT2D eigenvalue weighted by molar-refractivity contribution is 7.89. The zero-order valence-electron chi connectivity index (χ0n) is 10.9. The van der Waals surface area contributed by atoms with Gasteiger partial charge in [-0.3, -0.25) is 0 Å². The number of methoxy groups -OCH3 is 1. The van der Waals surface area contributed by atoms with Gasteiger partial charge in [0.05, 0.1) is 12.0 Å². The average molecular weight is 297 g/mol. The molecule has 7 heteroatoms. The molecule has 2 rings (SSSR count). The van der Waals surface area contributed by atoms with E-state index in [2.05, 4.69) is 9.46 Å². The highest BCUT2D eigenvalue weighted by Gasteiger charge is 2.23. The Kier molecular flexibility index (Phi) is 4.10. The normalized spacial score (nSPS) is 15.4. The fourth-order valence-corrected chi connectivity index (χ4v) is 3.24. The molecule has 2 N–H and O–H groups in total. The smallest absolute Gasteiger partial charge is 0.341 e. The summed E-state index contributed by atoms with van der Waals surface area (Å²) in [4.78, 5) is 11.4. The number of nitrogens with one attached hydrogen (secondary N) is 1. The summed E-state index contributed by atoms with van der Waals surface area (Å²) in [6.45, 7) is 0. The van der Waals surface area contributed by atoms with Crippen LogP contribution in [0, 0.1) is 0 Å². The van der Waals surface area contributed by atoms with Gasteiger partial charge in [-0.2, -0.15) is 0 Å². The molecule has 0 radical (unpaired) electrons. The Morgan fingerprint density at radius 2 is 2.00 bits per heavy atom. The van der Waals surface area contributed by atoms with E-state index < -0.39 is 16.0 Å². The Morgan fingerprint density at radius 3 is 2.60 bits per heavy atom. The minimum absolute atomic E-state index is 0.0809. The molecule has 108 valence electrons. The lowest BCUT2D eigenvalue weighted by Gasteiger charge is -2.13. The summed E-state index contributed by atoms with van der Waals surface area (Å²) in [5.41, 5.74) is -0.181. The van der Waals surface area contributed by atoms with Crippen LogP contribution in [0.3, 0.4) is 0 Å². The molecule has 20 heavy (non-hydrogen) atoms. The van der Waals surface area contributed by atoms with E-state index in [0.29, 0.717) is 12.8 Å². The van der Waals surface area contributed by atoms with Crippen LogP contribution < -0.4 is 4.72 Å². The number of benzene rings is 1. The second-order valence-corrected chi connectivity index (χ2v) is 6.15. The lowest BCUT2D eigenvalue weighted by Crippen LogP contribution is -2.33. The Balaban J connectivity index is 2.29. The molecule has 0 amide bonds. The molecular formula is C13H15NO5S. The van der Waals surface area contributed by atoms with Gasteiger partial charge in [0.2, 0.25) is 10.0 Å². The Morgan fingerprint density at radius 1 is 1.35 bits per heavy atom. The highest BCUT2D eigenvalue weighted by Crippen LogP contribution is 2.23. The third-order valence-electron chi connectivity index (χ3n) is 3.01. The summed E-state index contributed by atoms with van der Waals surface area (Å²) in [5.74, 6) is -1.11. The predicted octanol–water partition coefficient (Wildman–Crippen LogP) is 1.18. The van der Waals surface area contributed by atoms with Crippen molar-refractivity contribution in [2.45, 2.75) is 23.8 Å². The highest BCUT2D eigenvalue weighted by atomic mass is 32.2. The number of phenolic OH excluding ortho intramolecular Hbond substituents is 1. The van der Waals surface area contributed by atoms with Crippen LogP contribution >= 0.6 is 0 Å². The van der Waals surface area contributed by atoms with Crippen molar-refractivity contribution in [2.24, 2.45) is 0 Å². The Labute approximate surface area is 117 Å². The summed E-state index contributed by atoms with van der Waals surface area (Å²) < 4.78 is 31.4. The van der Waals surface area contributed by atoms with Crippen molar-refractivity contribution >= 4 is 16.0 Å². The van der Waals surface area contributed by atoms with E-state index in [9.17, 15) is 18.3 Å². The molecular weight excluding hydrogens is 282 g/mol. The molecule has 1 aromatic rings. The van der Waals surface area contributed by atoms with Crippen molar-refractivity contribution in [2.75, 3.05) is 7.11 Å². The summed E-state index contributed by atoms with van der Waals surface area (Å²) in [7, 11) is -2.58. The number of aromatic hydroxyl groups is 1. The number of esters is 1. The van der Waals surface area contributed by atoms with Gasteiger partial charge in [0.1, 0.15) is 11.3 Å². The molecule has 0 fully saturated rings. The van der Waals surface area contributed by atoms with Crippen LogP contribution in [0.25, 0.3) is 0 Å². The number of rotatable bonds is 4. The molecule has 0 saturated heterocycles. The number of phenols is 1. The van der Waals surface area contributed by atoms with Crippen LogP contribution in [0.15, 0.2) is 35.2 Å². The third-order valence-corrected chi connectivity index (χ3v) is 4.53. The molecule has 6 nitrogen and oxygen atoms in total. The number of ether oxygens (including phenoxy) is 1. The van der Waals surface area contributed by atoms with E-state index in [1.165, 1.54) is 6.07 Å². The maximum absolute atomic E-state index is 12.2. The van der Waals surface area contributed by atoms with Gasteiger partial charge in [-0.15, -0.1) is 0 Å². The monoisotopic (exact) mass is 297 g/mol. The van der Waals surface area contributed by atoms with Crippen LogP contribution in [0.4, 0.5) is 0 Å². The molecule has 0 aliphatic heterocycles. The van der Waals surface area contributed by atoms with Crippen molar-refractivity contribution in [3.05, 3.63) is 35.9 Å². The molecule has 1 aromatic carbocycles. The number of hydrogen-bond donors (Lipinski definition) is 2. The molecule has 0 atom stereocenters. The van der Waals surface area contributed by atoms with E-state index in [1.807, 2.05) is 12.2 Å². The number of sulfonamides is 1. The van der Waals surface area contributed by atoms with Crippen molar-refractivity contribution in [1.29, 1.82) is 0 Å². The van der Waals surface area contributed by atoms with Gasteiger partial charge in [-0.05, 0) is 31.0 Å². The molecule has 0 unspecified atom stereocenters. The third kappa shape index (κ3) is 3.00. The van der Waals surface area contributed by atoms with Crippen molar-refractivity contribution < 1.29 is 23.1 Å². The molecule has 0 aromatic heterocycles. The van der Waals surface area contributed by atoms with Crippen LogP contribution in [0.1, 0.15) is 23.2 Å².